The molecule has 24 heavy (non-hydrogen) atoms. The van der Waals surface area contributed by atoms with Gasteiger partial charge in [0.1, 0.15) is 10.7 Å². The van der Waals surface area contributed by atoms with E-state index in [2.05, 4.69) is 10.3 Å². The van der Waals surface area contributed by atoms with Crippen molar-refractivity contribution in [3.63, 3.8) is 0 Å². The SMILES string of the molecule is NCc1nc(C(=O)Nc2ccc(Cl)cc2C(=O)N2CCCC2)cs1. The van der Waals surface area contributed by atoms with Gasteiger partial charge in [-0.1, -0.05) is 11.6 Å². The normalized spacial score (nSPS) is 14.0. The molecule has 1 aromatic carbocycles. The van der Waals surface area contributed by atoms with E-state index in [0.29, 0.717) is 21.3 Å². The molecule has 0 unspecified atom stereocenters. The summed E-state index contributed by atoms with van der Waals surface area (Å²) < 4.78 is 0. The fraction of sp³-hybridized carbons (Fsp3) is 0.312. The monoisotopic (exact) mass is 364 g/mol. The number of carbonyl (C=O) groups is 2. The molecule has 1 saturated heterocycles. The van der Waals surface area contributed by atoms with Gasteiger partial charge in [0, 0.05) is 30.0 Å². The van der Waals surface area contributed by atoms with E-state index in [1.165, 1.54) is 11.3 Å². The Morgan fingerprint density at radius 3 is 2.75 bits per heavy atom. The van der Waals surface area contributed by atoms with E-state index in [1.807, 2.05) is 0 Å². The van der Waals surface area contributed by atoms with Crippen LogP contribution in [-0.2, 0) is 6.54 Å². The van der Waals surface area contributed by atoms with Gasteiger partial charge in [-0.3, -0.25) is 9.59 Å². The molecule has 8 heteroatoms. The van der Waals surface area contributed by atoms with E-state index in [-0.39, 0.29) is 24.1 Å². The molecule has 1 aliphatic rings. The first-order chi connectivity index (χ1) is 11.6. The molecule has 0 atom stereocenters. The zero-order valence-electron chi connectivity index (χ0n) is 12.9. The van der Waals surface area contributed by atoms with Crippen LogP contribution >= 0.6 is 22.9 Å². The summed E-state index contributed by atoms with van der Waals surface area (Å²) in [5, 5.41) is 5.54. The molecular weight excluding hydrogens is 348 g/mol. The summed E-state index contributed by atoms with van der Waals surface area (Å²) in [6.45, 7) is 1.74. The van der Waals surface area contributed by atoms with Crippen LogP contribution in [0.2, 0.25) is 5.02 Å². The van der Waals surface area contributed by atoms with Gasteiger partial charge in [0.25, 0.3) is 11.8 Å². The number of halogens is 1. The van der Waals surface area contributed by atoms with Crippen molar-refractivity contribution in [2.75, 3.05) is 18.4 Å². The minimum absolute atomic E-state index is 0.119. The van der Waals surface area contributed by atoms with Crippen LogP contribution in [-0.4, -0.2) is 34.8 Å². The third-order valence-corrected chi connectivity index (χ3v) is 4.92. The van der Waals surface area contributed by atoms with Crippen molar-refractivity contribution in [1.29, 1.82) is 0 Å². The first kappa shape index (κ1) is 16.9. The van der Waals surface area contributed by atoms with Crippen molar-refractivity contribution in [3.05, 3.63) is 44.9 Å². The maximum Gasteiger partial charge on any atom is 0.275 e. The molecule has 2 amide bonds. The van der Waals surface area contributed by atoms with Gasteiger partial charge in [0.2, 0.25) is 0 Å². The average molecular weight is 365 g/mol. The lowest BCUT2D eigenvalue weighted by atomic mass is 10.1. The number of benzene rings is 1. The standard InChI is InChI=1S/C16H17ClN4O2S/c17-10-3-4-12(11(7-10)16(23)21-5-1-2-6-21)20-15(22)13-9-24-14(8-18)19-13/h3-4,7,9H,1-2,5-6,8,18H2,(H,20,22). The van der Waals surface area contributed by atoms with Crippen LogP contribution in [0.1, 0.15) is 38.7 Å². The van der Waals surface area contributed by atoms with Crippen LogP contribution in [0.5, 0.6) is 0 Å². The number of amides is 2. The van der Waals surface area contributed by atoms with Crippen molar-refractivity contribution < 1.29 is 9.59 Å². The average Bonchev–Trinajstić information content (AvgIpc) is 3.27. The molecule has 0 radical (unpaired) electrons. The van der Waals surface area contributed by atoms with Gasteiger partial charge in [0.15, 0.2) is 0 Å². The fourth-order valence-electron chi connectivity index (χ4n) is 2.59. The number of rotatable bonds is 4. The minimum atomic E-state index is -0.372. The summed E-state index contributed by atoms with van der Waals surface area (Å²) in [5.41, 5.74) is 6.63. The van der Waals surface area contributed by atoms with E-state index in [4.69, 9.17) is 17.3 Å². The predicted octanol–water partition coefficient (Wildman–Crippen LogP) is 2.74. The largest absolute Gasteiger partial charge is 0.339 e. The lowest BCUT2D eigenvalue weighted by Crippen LogP contribution is -2.29. The molecule has 2 aromatic rings. The summed E-state index contributed by atoms with van der Waals surface area (Å²) in [5.74, 6) is -0.491. The molecule has 1 fully saturated rings. The highest BCUT2D eigenvalue weighted by Gasteiger charge is 2.23. The number of hydrogen-bond acceptors (Lipinski definition) is 5. The van der Waals surface area contributed by atoms with Crippen LogP contribution in [0.3, 0.4) is 0 Å². The number of thiazole rings is 1. The first-order valence-corrected chi connectivity index (χ1v) is 8.89. The molecule has 3 N–H and O–H groups in total. The van der Waals surface area contributed by atoms with Gasteiger partial charge in [-0.2, -0.15) is 0 Å². The molecule has 0 saturated carbocycles. The Kier molecular flexibility index (Phi) is 5.13. The minimum Gasteiger partial charge on any atom is -0.339 e. The Balaban J connectivity index is 1.84. The van der Waals surface area contributed by atoms with Crippen LogP contribution < -0.4 is 11.1 Å². The summed E-state index contributed by atoms with van der Waals surface area (Å²) in [6.07, 6.45) is 1.99. The van der Waals surface area contributed by atoms with Crippen molar-refractivity contribution in [2.45, 2.75) is 19.4 Å². The quantitative estimate of drug-likeness (QED) is 0.873. The van der Waals surface area contributed by atoms with Crippen molar-refractivity contribution in [3.8, 4) is 0 Å². The van der Waals surface area contributed by atoms with E-state index in [0.717, 1.165) is 25.9 Å². The molecule has 0 spiro atoms. The molecule has 1 aliphatic heterocycles. The van der Waals surface area contributed by atoms with Crippen molar-refractivity contribution in [1.82, 2.24) is 9.88 Å². The maximum atomic E-state index is 12.7. The third-order valence-electron chi connectivity index (χ3n) is 3.81. The Hall–Kier alpha value is -1.96. The van der Waals surface area contributed by atoms with Crippen LogP contribution in [0.4, 0.5) is 5.69 Å². The summed E-state index contributed by atoms with van der Waals surface area (Å²) in [7, 11) is 0. The number of aromatic nitrogens is 1. The zero-order chi connectivity index (χ0) is 17.1. The maximum absolute atomic E-state index is 12.7. The van der Waals surface area contributed by atoms with Gasteiger partial charge in [0.05, 0.1) is 11.3 Å². The fourth-order valence-corrected chi connectivity index (χ4v) is 3.42. The second-order valence-corrected chi connectivity index (χ2v) is 6.85. The van der Waals surface area contributed by atoms with E-state index < -0.39 is 0 Å². The number of anilines is 1. The van der Waals surface area contributed by atoms with Crippen LogP contribution in [0.25, 0.3) is 0 Å². The Labute approximate surface area is 148 Å². The summed E-state index contributed by atoms with van der Waals surface area (Å²) in [6, 6.07) is 4.87. The molecule has 126 valence electrons. The van der Waals surface area contributed by atoms with Crippen LogP contribution in [0.15, 0.2) is 23.6 Å². The summed E-state index contributed by atoms with van der Waals surface area (Å²) in [4.78, 5) is 31.0. The van der Waals surface area contributed by atoms with Gasteiger partial charge >= 0.3 is 0 Å². The van der Waals surface area contributed by atoms with Crippen molar-refractivity contribution >= 4 is 40.4 Å². The lowest BCUT2D eigenvalue weighted by molar-refractivity contribution is 0.0794. The Morgan fingerprint density at radius 2 is 2.08 bits per heavy atom. The van der Waals surface area contributed by atoms with Crippen molar-refractivity contribution in [2.24, 2.45) is 5.73 Å². The lowest BCUT2D eigenvalue weighted by Gasteiger charge is -2.18. The molecule has 0 bridgehead atoms. The molecule has 6 nitrogen and oxygen atoms in total. The number of nitrogens with one attached hydrogen (secondary N) is 1. The molecule has 1 aromatic heterocycles. The molecule has 3 rings (SSSR count). The van der Waals surface area contributed by atoms with E-state index >= 15 is 0 Å². The molecule has 0 aliphatic carbocycles. The first-order valence-electron chi connectivity index (χ1n) is 7.63. The molecule has 2 heterocycles. The van der Waals surface area contributed by atoms with Gasteiger partial charge in [-0.05, 0) is 31.0 Å². The third kappa shape index (κ3) is 3.58. The molecular formula is C16H17ClN4O2S. The highest BCUT2D eigenvalue weighted by molar-refractivity contribution is 7.09. The van der Waals surface area contributed by atoms with E-state index in [9.17, 15) is 9.59 Å². The second-order valence-electron chi connectivity index (χ2n) is 5.47. The number of likely N-dealkylation sites (tertiary alicyclic amines) is 1. The number of nitrogens with zero attached hydrogens (tertiary/aromatic N) is 2. The topological polar surface area (TPSA) is 88.3 Å². The summed E-state index contributed by atoms with van der Waals surface area (Å²) >= 11 is 7.36. The predicted molar refractivity (Wildman–Crippen MR) is 94.5 cm³/mol. The zero-order valence-corrected chi connectivity index (χ0v) is 14.5. The van der Waals surface area contributed by atoms with Crippen LogP contribution in [0, 0.1) is 0 Å². The number of nitrogens with two attached hydrogens (primary N) is 1. The highest BCUT2D eigenvalue weighted by atomic mass is 35.5. The Morgan fingerprint density at radius 1 is 1.33 bits per heavy atom. The number of hydrogen-bond donors (Lipinski definition) is 2. The van der Waals surface area contributed by atoms with Gasteiger partial charge in [-0.15, -0.1) is 11.3 Å². The Bertz CT molecular complexity index is 771. The number of carbonyl (C=O) groups excluding carboxylic acids is 2. The van der Waals surface area contributed by atoms with Gasteiger partial charge < -0.3 is 16.0 Å². The van der Waals surface area contributed by atoms with E-state index in [1.54, 1.807) is 28.5 Å². The highest BCUT2D eigenvalue weighted by Crippen LogP contribution is 2.24. The smallest absolute Gasteiger partial charge is 0.275 e. The van der Waals surface area contributed by atoms with Gasteiger partial charge in [-0.25, -0.2) is 4.98 Å². The second kappa shape index (κ2) is 7.29.